The number of anilines is 1. The number of benzene rings is 2. The number of fused-ring (bicyclic) bond motifs is 2. The van der Waals surface area contributed by atoms with Crippen molar-refractivity contribution < 1.29 is 19.8 Å². The second-order valence-electron chi connectivity index (χ2n) is 7.85. The molecule has 0 saturated heterocycles. The minimum atomic E-state index is -1.06. The molecular formula is C22H24BrN3O4. The summed E-state index contributed by atoms with van der Waals surface area (Å²) in [6.45, 7) is 1.40. The van der Waals surface area contributed by atoms with Crippen molar-refractivity contribution in [3.8, 4) is 0 Å². The van der Waals surface area contributed by atoms with Gasteiger partial charge >= 0.3 is 6.09 Å². The molecule has 2 aliphatic rings. The van der Waals surface area contributed by atoms with E-state index in [1.54, 1.807) is 11.0 Å². The molecule has 0 spiro atoms. The van der Waals surface area contributed by atoms with Crippen molar-refractivity contribution in [2.24, 2.45) is 0 Å². The summed E-state index contributed by atoms with van der Waals surface area (Å²) in [5.74, 6) is -0.154. The molecule has 0 aliphatic carbocycles. The molecule has 2 aromatic rings. The maximum Gasteiger partial charge on any atom is 0.407 e. The average Bonchev–Trinajstić information content (AvgIpc) is 2.84. The van der Waals surface area contributed by atoms with Gasteiger partial charge in [0.1, 0.15) is 0 Å². The normalized spacial score (nSPS) is 19.8. The second kappa shape index (κ2) is 8.28. The second-order valence-corrected chi connectivity index (χ2v) is 8.77. The SMILES string of the molecule is CN1CCN(CC(O)[C@@H]2Cc3ccccc3CN2C(=O)O)C(=O)c2ccc(Br)cc21. The Morgan fingerprint density at radius 1 is 1.20 bits per heavy atom. The highest BCUT2D eigenvalue weighted by molar-refractivity contribution is 9.10. The molecule has 30 heavy (non-hydrogen) atoms. The molecule has 1 unspecified atom stereocenters. The van der Waals surface area contributed by atoms with Crippen molar-refractivity contribution in [2.75, 3.05) is 31.6 Å². The summed E-state index contributed by atoms with van der Waals surface area (Å²) >= 11 is 3.45. The Bertz CT molecular complexity index is 983. The van der Waals surface area contributed by atoms with Crippen molar-refractivity contribution in [3.63, 3.8) is 0 Å². The molecule has 0 bridgehead atoms. The number of amides is 2. The number of aliphatic hydroxyl groups excluding tert-OH is 1. The Morgan fingerprint density at radius 2 is 1.93 bits per heavy atom. The third-order valence-electron chi connectivity index (χ3n) is 5.98. The Kier molecular flexibility index (Phi) is 5.71. The summed E-state index contributed by atoms with van der Waals surface area (Å²) in [4.78, 5) is 30.0. The van der Waals surface area contributed by atoms with Crippen LogP contribution in [0.25, 0.3) is 0 Å². The third-order valence-corrected chi connectivity index (χ3v) is 6.47. The number of β-amino-alcohol motifs (C(OH)–C–C–N with tert-alkyl or cyclic N) is 1. The molecule has 7 nitrogen and oxygen atoms in total. The summed E-state index contributed by atoms with van der Waals surface area (Å²) in [6, 6.07) is 12.6. The van der Waals surface area contributed by atoms with Crippen LogP contribution in [0.3, 0.4) is 0 Å². The maximum absolute atomic E-state index is 13.2. The van der Waals surface area contributed by atoms with Gasteiger partial charge in [-0.25, -0.2) is 4.79 Å². The number of aliphatic hydroxyl groups is 1. The molecule has 158 valence electrons. The van der Waals surface area contributed by atoms with Crippen LogP contribution in [0.15, 0.2) is 46.9 Å². The lowest BCUT2D eigenvalue weighted by atomic mass is 9.91. The molecule has 2 amide bonds. The van der Waals surface area contributed by atoms with E-state index in [1.807, 2.05) is 48.3 Å². The predicted octanol–water partition coefficient (Wildman–Crippen LogP) is 2.81. The van der Waals surface area contributed by atoms with E-state index in [1.165, 1.54) is 4.90 Å². The molecule has 0 fully saturated rings. The van der Waals surface area contributed by atoms with Gasteiger partial charge in [0.25, 0.3) is 5.91 Å². The fourth-order valence-corrected chi connectivity index (χ4v) is 4.64. The maximum atomic E-state index is 13.2. The summed E-state index contributed by atoms with van der Waals surface area (Å²) in [6.07, 6.45) is -1.62. The lowest BCUT2D eigenvalue weighted by molar-refractivity contribution is 0.0184. The molecule has 2 atom stereocenters. The molecule has 2 heterocycles. The number of carbonyl (C=O) groups is 2. The van der Waals surface area contributed by atoms with Gasteiger partial charge < -0.3 is 20.0 Å². The highest BCUT2D eigenvalue weighted by Crippen LogP contribution is 2.29. The van der Waals surface area contributed by atoms with Crippen LogP contribution in [-0.4, -0.2) is 70.8 Å². The molecule has 2 aromatic carbocycles. The third kappa shape index (κ3) is 3.89. The van der Waals surface area contributed by atoms with E-state index in [4.69, 9.17) is 0 Å². The van der Waals surface area contributed by atoms with Crippen LogP contribution in [0.1, 0.15) is 21.5 Å². The minimum absolute atomic E-state index is 0.0821. The lowest BCUT2D eigenvalue weighted by Crippen LogP contribution is -2.54. The molecule has 0 radical (unpaired) electrons. The van der Waals surface area contributed by atoms with Gasteiger partial charge in [0, 0.05) is 37.7 Å². The van der Waals surface area contributed by atoms with Crippen LogP contribution in [0.5, 0.6) is 0 Å². The van der Waals surface area contributed by atoms with E-state index in [9.17, 15) is 19.8 Å². The zero-order valence-corrected chi connectivity index (χ0v) is 18.2. The molecule has 0 aromatic heterocycles. The van der Waals surface area contributed by atoms with Gasteiger partial charge in [0.15, 0.2) is 0 Å². The standard InChI is InChI=1S/C22H24BrN3O4/c1-24-8-9-25(21(28)17-7-6-16(23)11-18(17)24)13-20(27)19-10-14-4-2-3-5-15(14)12-26(19)22(29)30/h2-7,11,19-20,27H,8-10,12-13H2,1H3,(H,29,30)/t19-,20?/m0/s1. The molecule has 0 saturated carbocycles. The van der Waals surface area contributed by atoms with Gasteiger partial charge in [0.05, 0.1) is 23.4 Å². The van der Waals surface area contributed by atoms with Crippen molar-refractivity contribution in [3.05, 3.63) is 63.6 Å². The van der Waals surface area contributed by atoms with Gasteiger partial charge in [-0.2, -0.15) is 0 Å². The molecule has 4 rings (SSSR count). The van der Waals surface area contributed by atoms with Crippen LogP contribution in [0.2, 0.25) is 0 Å². The molecular weight excluding hydrogens is 450 g/mol. The van der Waals surface area contributed by atoms with Crippen molar-refractivity contribution in [1.82, 2.24) is 9.80 Å². The highest BCUT2D eigenvalue weighted by atomic mass is 79.9. The smallest absolute Gasteiger partial charge is 0.407 e. The highest BCUT2D eigenvalue weighted by Gasteiger charge is 2.36. The van der Waals surface area contributed by atoms with Crippen LogP contribution in [-0.2, 0) is 13.0 Å². The van der Waals surface area contributed by atoms with E-state index < -0.39 is 18.2 Å². The lowest BCUT2D eigenvalue weighted by Gasteiger charge is -2.39. The van der Waals surface area contributed by atoms with Gasteiger partial charge in [-0.3, -0.25) is 9.69 Å². The van der Waals surface area contributed by atoms with Crippen molar-refractivity contribution in [2.45, 2.75) is 25.1 Å². The number of halogens is 1. The Labute approximate surface area is 183 Å². The van der Waals surface area contributed by atoms with E-state index in [2.05, 4.69) is 15.9 Å². The Balaban J connectivity index is 1.57. The van der Waals surface area contributed by atoms with Crippen LogP contribution in [0.4, 0.5) is 10.5 Å². The number of carbonyl (C=O) groups excluding carboxylic acids is 1. The van der Waals surface area contributed by atoms with E-state index in [0.717, 1.165) is 21.3 Å². The largest absolute Gasteiger partial charge is 0.465 e. The van der Waals surface area contributed by atoms with Gasteiger partial charge in [0.2, 0.25) is 0 Å². The fraction of sp³-hybridized carbons (Fsp3) is 0.364. The van der Waals surface area contributed by atoms with Crippen LogP contribution in [0, 0.1) is 0 Å². The Hall–Kier alpha value is -2.58. The number of rotatable bonds is 3. The van der Waals surface area contributed by atoms with Gasteiger partial charge in [-0.1, -0.05) is 40.2 Å². The Morgan fingerprint density at radius 3 is 2.67 bits per heavy atom. The summed E-state index contributed by atoms with van der Waals surface area (Å²) in [5.41, 5.74) is 3.41. The van der Waals surface area contributed by atoms with Crippen molar-refractivity contribution >= 4 is 33.6 Å². The summed E-state index contributed by atoms with van der Waals surface area (Å²) < 4.78 is 0.896. The quantitative estimate of drug-likeness (QED) is 0.715. The van der Waals surface area contributed by atoms with Crippen molar-refractivity contribution in [1.29, 1.82) is 0 Å². The summed E-state index contributed by atoms with van der Waals surface area (Å²) in [7, 11) is 1.93. The van der Waals surface area contributed by atoms with Crippen LogP contribution >= 0.6 is 15.9 Å². The molecule has 8 heteroatoms. The fourth-order valence-electron chi connectivity index (χ4n) is 4.29. The first kappa shape index (κ1) is 20.7. The summed E-state index contributed by atoms with van der Waals surface area (Å²) in [5, 5.41) is 20.7. The van der Waals surface area contributed by atoms with E-state index in [-0.39, 0.29) is 19.0 Å². The first-order valence-electron chi connectivity index (χ1n) is 9.89. The zero-order valence-electron chi connectivity index (χ0n) is 16.7. The number of likely N-dealkylation sites (N-methyl/N-ethyl adjacent to an activating group) is 1. The molecule has 2 N–H and O–H groups in total. The number of hydrogen-bond acceptors (Lipinski definition) is 4. The van der Waals surface area contributed by atoms with E-state index >= 15 is 0 Å². The minimum Gasteiger partial charge on any atom is -0.465 e. The average molecular weight is 474 g/mol. The topological polar surface area (TPSA) is 84.3 Å². The molecule has 2 aliphatic heterocycles. The zero-order chi connectivity index (χ0) is 21.4. The predicted molar refractivity (Wildman–Crippen MR) is 117 cm³/mol. The number of hydrogen-bond donors (Lipinski definition) is 2. The van der Waals surface area contributed by atoms with Gasteiger partial charge in [-0.15, -0.1) is 0 Å². The monoisotopic (exact) mass is 473 g/mol. The number of nitrogens with zero attached hydrogens (tertiary/aromatic N) is 3. The van der Waals surface area contributed by atoms with E-state index in [0.29, 0.717) is 25.1 Å². The first-order valence-corrected chi connectivity index (χ1v) is 10.7. The van der Waals surface area contributed by atoms with Crippen LogP contribution < -0.4 is 4.90 Å². The first-order chi connectivity index (χ1) is 14.3. The van der Waals surface area contributed by atoms with Gasteiger partial charge in [-0.05, 0) is 35.7 Å². The number of carboxylic acid groups (broad SMARTS) is 1.